The molecule has 5 nitrogen and oxygen atoms in total. The highest BCUT2D eigenvalue weighted by Gasteiger charge is 2.41. The lowest BCUT2D eigenvalue weighted by molar-refractivity contribution is 0.310. The number of hydrogen-bond acceptors (Lipinski definition) is 3. The molecule has 0 radical (unpaired) electrons. The second-order valence-electron chi connectivity index (χ2n) is 8.62. The Morgan fingerprint density at radius 1 is 0.970 bits per heavy atom. The van der Waals surface area contributed by atoms with Crippen LogP contribution in [0.15, 0.2) is 79.3 Å². The van der Waals surface area contributed by atoms with Crippen LogP contribution >= 0.6 is 12.2 Å². The van der Waals surface area contributed by atoms with Crippen LogP contribution in [0.4, 0.5) is 0 Å². The third-order valence-corrected chi connectivity index (χ3v) is 6.67. The van der Waals surface area contributed by atoms with E-state index in [4.69, 9.17) is 12.2 Å². The summed E-state index contributed by atoms with van der Waals surface area (Å²) < 4.78 is 2.33. The standard InChI is InChI=1S/C27H27N5S/c1-18-8-6-10-22(14-18)32-19(2)15-23(20(32)3)26-25(24-11-4-5-13-29-24)30-27(33)31(26)17-21-9-7-12-28-16-21/h4-16,25-26H,17H2,1-3H3,(H,30,33)/t25-,26-/m1/s1. The molecule has 2 atom stereocenters. The largest absolute Gasteiger partial charge is 0.352 e. The molecule has 0 saturated carbocycles. The van der Waals surface area contributed by atoms with Gasteiger partial charge in [0.1, 0.15) is 0 Å². The number of pyridine rings is 2. The fraction of sp³-hybridized carbons (Fsp3) is 0.222. The van der Waals surface area contributed by atoms with Crippen molar-refractivity contribution in [3.05, 3.63) is 113 Å². The fourth-order valence-corrected chi connectivity index (χ4v) is 5.16. The van der Waals surface area contributed by atoms with Crippen LogP contribution < -0.4 is 5.32 Å². The molecule has 4 heterocycles. The normalized spacial score (nSPS) is 17.9. The van der Waals surface area contributed by atoms with Crippen molar-refractivity contribution >= 4 is 17.3 Å². The van der Waals surface area contributed by atoms with E-state index in [1.165, 1.54) is 28.2 Å². The van der Waals surface area contributed by atoms with E-state index >= 15 is 0 Å². The maximum atomic E-state index is 5.85. The van der Waals surface area contributed by atoms with Gasteiger partial charge >= 0.3 is 0 Å². The Morgan fingerprint density at radius 2 is 1.85 bits per heavy atom. The zero-order chi connectivity index (χ0) is 22.9. The van der Waals surface area contributed by atoms with Crippen LogP contribution in [0.25, 0.3) is 5.69 Å². The van der Waals surface area contributed by atoms with E-state index in [0.29, 0.717) is 6.54 Å². The van der Waals surface area contributed by atoms with Gasteiger partial charge in [0.25, 0.3) is 0 Å². The first-order valence-electron chi connectivity index (χ1n) is 11.2. The molecule has 1 aromatic carbocycles. The molecule has 0 amide bonds. The van der Waals surface area contributed by atoms with Gasteiger partial charge in [-0.15, -0.1) is 0 Å². The van der Waals surface area contributed by atoms with E-state index in [1.807, 2.05) is 30.6 Å². The maximum absolute atomic E-state index is 5.85. The van der Waals surface area contributed by atoms with Crippen molar-refractivity contribution in [3.8, 4) is 5.69 Å². The van der Waals surface area contributed by atoms with Gasteiger partial charge in [0, 0.05) is 42.2 Å². The van der Waals surface area contributed by atoms with Crippen LogP contribution in [0.1, 0.15) is 45.9 Å². The molecule has 4 aromatic rings. The molecule has 166 valence electrons. The summed E-state index contributed by atoms with van der Waals surface area (Å²) in [6, 6.07) is 21.0. The summed E-state index contributed by atoms with van der Waals surface area (Å²) in [6.45, 7) is 7.18. The van der Waals surface area contributed by atoms with Crippen molar-refractivity contribution in [3.63, 3.8) is 0 Å². The minimum atomic E-state index is -0.0400. The molecule has 33 heavy (non-hydrogen) atoms. The molecule has 1 saturated heterocycles. The van der Waals surface area contributed by atoms with Crippen molar-refractivity contribution in [1.29, 1.82) is 0 Å². The van der Waals surface area contributed by atoms with Gasteiger partial charge in [0.2, 0.25) is 0 Å². The average molecular weight is 454 g/mol. The Morgan fingerprint density at radius 3 is 2.58 bits per heavy atom. The molecule has 6 heteroatoms. The summed E-state index contributed by atoms with van der Waals surface area (Å²) in [6.07, 6.45) is 5.55. The predicted molar refractivity (Wildman–Crippen MR) is 135 cm³/mol. The molecule has 1 N–H and O–H groups in total. The van der Waals surface area contributed by atoms with Gasteiger partial charge in [0.15, 0.2) is 5.11 Å². The number of aryl methyl sites for hydroxylation is 2. The molecule has 1 fully saturated rings. The van der Waals surface area contributed by atoms with Gasteiger partial charge in [-0.3, -0.25) is 9.97 Å². The van der Waals surface area contributed by atoms with Crippen LogP contribution in [0.2, 0.25) is 0 Å². The van der Waals surface area contributed by atoms with E-state index in [9.17, 15) is 0 Å². The first-order valence-corrected chi connectivity index (χ1v) is 11.6. The summed E-state index contributed by atoms with van der Waals surface area (Å²) >= 11 is 5.85. The Bertz CT molecular complexity index is 1280. The van der Waals surface area contributed by atoms with Crippen LogP contribution in [0.5, 0.6) is 0 Å². The lowest BCUT2D eigenvalue weighted by atomic mass is 9.96. The van der Waals surface area contributed by atoms with E-state index in [1.54, 1.807) is 6.20 Å². The molecular weight excluding hydrogens is 426 g/mol. The fourth-order valence-electron chi connectivity index (χ4n) is 4.85. The van der Waals surface area contributed by atoms with Crippen molar-refractivity contribution in [2.75, 3.05) is 0 Å². The molecular formula is C27H27N5S. The highest BCUT2D eigenvalue weighted by atomic mass is 32.1. The topological polar surface area (TPSA) is 46.0 Å². The van der Waals surface area contributed by atoms with Crippen molar-refractivity contribution in [2.45, 2.75) is 39.4 Å². The zero-order valence-corrected chi connectivity index (χ0v) is 19.9. The number of benzene rings is 1. The quantitative estimate of drug-likeness (QED) is 0.412. The third-order valence-electron chi connectivity index (χ3n) is 6.32. The van der Waals surface area contributed by atoms with Gasteiger partial charge in [-0.1, -0.05) is 24.3 Å². The number of hydrogen-bond donors (Lipinski definition) is 1. The van der Waals surface area contributed by atoms with Gasteiger partial charge in [-0.05, 0) is 86.1 Å². The Hall–Kier alpha value is -3.51. The SMILES string of the molecule is Cc1cccc(-n2c(C)cc([C@@H]3[C@@H](c4ccccn4)NC(=S)N3Cc3cccnc3)c2C)c1. The second kappa shape index (κ2) is 8.79. The Labute approximate surface area is 200 Å². The molecule has 1 aliphatic rings. The van der Waals surface area contributed by atoms with Crippen LogP contribution in [-0.4, -0.2) is 24.5 Å². The molecule has 0 aliphatic carbocycles. The summed E-state index contributed by atoms with van der Waals surface area (Å²) in [7, 11) is 0. The van der Waals surface area contributed by atoms with Crippen molar-refractivity contribution < 1.29 is 0 Å². The van der Waals surface area contributed by atoms with Crippen LogP contribution in [-0.2, 0) is 6.54 Å². The number of aromatic nitrogens is 3. The minimum Gasteiger partial charge on any atom is -0.352 e. The number of nitrogens with one attached hydrogen (secondary N) is 1. The molecule has 0 spiro atoms. The van der Waals surface area contributed by atoms with E-state index in [-0.39, 0.29) is 12.1 Å². The monoisotopic (exact) mass is 453 g/mol. The third kappa shape index (κ3) is 4.02. The summed E-state index contributed by atoms with van der Waals surface area (Å²) in [5, 5.41) is 4.30. The molecule has 1 aliphatic heterocycles. The highest BCUT2D eigenvalue weighted by Crippen LogP contribution is 2.42. The Balaban J connectivity index is 1.62. The molecule has 0 bridgehead atoms. The smallest absolute Gasteiger partial charge is 0.170 e. The Kier molecular flexibility index (Phi) is 5.68. The van der Waals surface area contributed by atoms with Crippen LogP contribution in [0, 0.1) is 20.8 Å². The molecule has 5 rings (SSSR count). The average Bonchev–Trinajstić information content (AvgIpc) is 3.30. The number of thiocarbonyl (C=S) groups is 1. The molecule has 0 unspecified atom stereocenters. The summed E-state index contributed by atoms with van der Waals surface area (Å²) in [5.74, 6) is 0. The summed E-state index contributed by atoms with van der Waals surface area (Å²) in [5.41, 5.74) is 8.20. The van der Waals surface area contributed by atoms with E-state index < -0.39 is 0 Å². The zero-order valence-electron chi connectivity index (χ0n) is 19.1. The van der Waals surface area contributed by atoms with Gasteiger partial charge in [-0.25, -0.2) is 0 Å². The lowest BCUT2D eigenvalue weighted by Crippen LogP contribution is -2.29. The first kappa shape index (κ1) is 21.3. The summed E-state index contributed by atoms with van der Waals surface area (Å²) in [4.78, 5) is 11.2. The molecule has 3 aromatic heterocycles. The second-order valence-corrected chi connectivity index (χ2v) is 9.00. The lowest BCUT2D eigenvalue weighted by Gasteiger charge is -2.28. The van der Waals surface area contributed by atoms with Crippen molar-refractivity contribution in [2.24, 2.45) is 0 Å². The first-order chi connectivity index (χ1) is 16.0. The highest BCUT2D eigenvalue weighted by molar-refractivity contribution is 7.80. The van der Waals surface area contributed by atoms with E-state index in [0.717, 1.165) is 16.4 Å². The minimum absolute atomic E-state index is 0.0114. The van der Waals surface area contributed by atoms with Gasteiger partial charge in [-0.2, -0.15) is 0 Å². The number of nitrogens with zero attached hydrogens (tertiary/aromatic N) is 4. The predicted octanol–water partition coefficient (Wildman–Crippen LogP) is 5.37. The number of rotatable bonds is 5. The maximum Gasteiger partial charge on any atom is 0.170 e. The van der Waals surface area contributed by atoms with Gasteiger partial charge in [0.05, 0.1) is 17.8 Å². The van der Waals surface area contributed by atoms with Crippen molar-refractivity contribution in [1.82, 2.24) is 24.8 Å². The van der Waals surface area contributed by atoms with Crippen LogP contribution in [0.3, 0.4) is 0 Å². The van der Waals surface area contributed by atoms with Gasteiger partial charge < -0.3 is 14.8 Å². The van der Waals surface area contributed by atoms with E-state index in [2.05, 4.69) is 88.0 Å².